The molecule has 1 unspecified atom stereocenters. The zero-order valence-corrected chi connectivity index (χ0v) is 10.3. The zero-order chi connectivity index (χ0) is 13.0. The fourth-order valence-electron chi connectivity index (χ4n) is 1.96. The molecule has 0 bridgehead atoms. The molecule has 0 aliphatic heterocycles. The van der Waals surface area contributed by atoms with Crippen molar-refractivity contribution in [3.8, 4) is 0 Å². The Morgan fingerprint density at radius 2 is 2.22 bits per heavy atom. The maximum Gasteiger partial charge on any atom is 0.307 e. The lowest BCUT2D eigenvalue weighted by Gasteiger charge is -2.10. The van der Waals surface area contributed by atoms with Crippen LogP contribution < -0.4 is 5.32 Å². The van der Waals surface area contributed by atoms with Gasteiger partial charge < -0.3 is 14.8 Å². The van der Waals surface area contributed by atoms with Crippen LogP contribution >= 0.6 is 0 Å². The minimum absolute atomic E-state index is 0.330. The number of aliphatic carboxylic acids is 1. The quantitative estimate of drug-likeness (QED) is 0.823. The second kappa shape index (κ2) is 5.69. The van der Waals surface area contributed by atoms with E-state index in [1.807, 2.05) is 31.2 Å². The zero-order valence-electron chi connectivity index (χ0n) is 10.3. The lowest BCUT2D eigenvalue weighted by atomic mass is 10.1. The highest BCUT2D eigenvalue weighted by atomic mass is 16.4. The maximum absolute atomic E-state index is 10.9. The van der Waals surface area contributed by atoms with Crippen LogP contribution in [0.4, 0.5) is 0 Å². The molecule has 96 valence electrons. The molecule has 0 saturated heterocycles. The van der Waals surface area contributed by atoms with Gasteiger partial charge in [-0.1, -0.05) is 25.1 Å². The lowest BCUT2D eigenvalue weighted by Crippen LogP contribution is -2.27. The summed E-state index contributed by atoms with van der Waals surface area (Å²) in [5, 5.41) is 13.2. The summed E-state index contributed by atoms with van der Waals surface area (Å²) >= 11 is 0. The third-order valence-corrected chi connectivity index (χ3v) is 3.11. The van der Waals surface area contributed by atoms with E-state index in [1.165, 1.54) is 0 Å². The van der Waals surface area contributed by atoms with Crippen LogP contribution in [0.5, 0.6) is 0 Å². The summed E-state index contributed by atoms with van der Waals surface area (Å²) in [5.74, 6) is -1.08. The number of carbonyl (C=O) groups is 1. The minimum Gasteiger partial charge on any atom is -0.481 e. The number of carboxylic acids is 1. The largest absolute Gasteiger partial charge is 0.481 e. The first-order chi connectivity index (χ1) is 8.72. The first-order valence-corrected chi connectivity index (χ1v) is 6.11. The molecule has 1 aromatic heterocycles. The molecule has 1 heterocycles. The topological polar surface area (TPSA) is 62.5 Å². The molecule has 18 heavy (non-hydrogen) atoms. The van der Waals surface area contributed by atoms with E-state index < -0.39 is 5.97 Å². The number of hydrogen-bond donors (Lipinski definition) is 2. The highest BCUT2D eigenvalue weighted by molar-refractivity contribution is 5.80. The Morgan fingerprint density at radius 1 is 1.44 bits per heavy atom. The molecule has 0 radical (unpaired) electrons. The van der Waals surface area contributed by atoms with Crippen molar-refractivity contribution < 1.29 is 14.3 Å². The number of benzene rings is 1. The van der Waals surface area contributed by atoms with Gasteiger partial charge in [-0.15, -0.1) is 0 Å². The predicted molar refractivity (Wildman–Crippen MR) is 69.3 cm³/mol. The van der Waals surface area contributed by atoms with Gasteiger partial charge in [-0.25, -0.2) is 0 Å². The van der Waals surface area contributed by atoms with Crippen LogP contribution in [-0.4, -0.2) is 17.6 Å². The first kappa shape index (κ1) is 12.6. The molecule has 1 aromatic carbocycles. The van der Waals surface area contributed by atoms with Gasteiger partial charge in [0.05, 0.1) is 12.2 Å². The second-order valence-electron chi connectivity index (χ2n) is 4.33. The fourth-order valence-corrected chi connectivity index (χ4v) is 1.96. The third-order valence-electron chi connectivity index (χ3n) is 3.11. The van der Waals surface area contributed by atoms with Gasteiger partial charge in [0.15, 0.2) is 0 Å². The van der Waals surface area contributed by atoms with Gasteiger partial charge >= 0.3 is 5.97 Å². The van der Waals surface area contributed by atoms with E-state index in [0.717, 1.165) is 16.5 Å². The molecule has 0 saturated carbocycles. The third kappa shape index (κ3) is 2.71. The summed E-state index contributed by atoms with van der Waals surface area (Å²) in [6.45, 7) is 2.99. The highest BCUT2D eigenvalue weighted by Gasteiger charge is 2.14. The van der Waals surface area contributed by atoms with Gasteiger partial charge in [0.25, 0.3) is 0 Å². The van der Waals surface area contributed by atoms with Crippen LogP contribution in [0.1, 0.15) is 18.9 Å². The van der Waals surface area contributed by atoms with Crippen LogP contribution in [0.25, 0.3) is 11.0 Å². The summed E-state index contributed by atoms with van der Waals surface area (Å²) in [5.41, 5.74) is 1.92. The Bertz CT molecular complexity index is 533. The molecule has 4 heteroatoms. The Balaban J connectivity index is 1.96. The minimum atomic E-state index is -0.748. The number of para-hydroxylation sites is 1. The van der Waals surface area contributed by atoms with E-state index in [9.17, 15) is 4.79 Å². The lowest BCUT2D eigenvalue weighted by molar-refractivity contribution is -0.141. The van der Waals surface area contributed by atoms with E-state index in [1.54, 1.807) is 6.26 Å². The van der Waals surface area contributed by atoms with Gasteiger partial charge in [0.1, 0.15) is 5.58 Å². The first-order valence-electron chi connectivity index (χ1n) is 6.11. The fraction of sp³-hybridized carbons (Fsp3) is 0.357. The van der Waals surface area contributed by atoms with Crippen LogP contribution in [0, 0.1) is 5.92 Å². The standard InChI is InChI=1S/C14H17NO3/c1-2-10(14(16)17)7-15-8-11-9-18-13-6-4-3-5-12(11)13/h3-6,9-10,15H,2,7-8H2,1H3,(H,16,17). The van der Waals surface area contributed by atoms with Crippen molar-refractivity contribution in [2.24, 2.45) is 5.92 Å². The molecule has 4 nitrogen and oxygen atoms in total. The van der Waals surface area contributed by atoms with E-state index in [2.05, 4.69) is 5.32 Å². The molecule has 1 atom stereocenters. The average molecular weight is 247 g/mol. The van der Waals surface area contributed by atoms with Gasteiger partial charge in [-0.2, -0.15) is 0 Å². The van der Waals surface area contributed by atoms with Crippen molar-refractivity contribution >= 4 is 16.9 Å². The normalized spacial score (nSPS) is 12.7. The number of hydrogen-bond acceptors (Lipinski definition) is 3. The molecule has 0 amide bonds. The molecule has 2 rings (SSSR count). The number of rotatable bonds is 6. The number of nitrogens with one attached hydrogen (secondary N) is 1. The smallest absolute Gasteiger partial charge is 0.307 e. The Labute approximate surface area is 106 Å². The summed E-state index contributed by atoms with van der Waals surface area (Å²) in [6.07, 6.45) is 2.36. The monoisotopic (exact) mass is 247 g/mol. The number of furan rings is 1. The van der Waals surface area contributed by atoms with Gasteiger partial charge in [0.2, 0.25) is 0 Å². The van der Waals surface area contributed by atoms with Crippen LogP contribution in [0.3, 0.4) is 0 Å². The van der Waals surface area contributed by atoms with Gasteiger partial charge in [-0.3, -0.25) is 4.79 Å². The van der Waals surface area contributed by atoms with Crippen molar-refractivity contribution in [3.05, 3.63) is 36.1 Å². The van der Waals surface area contributed by atoms with E-state index in [0.29, 0.717) is 19.5 Å². The van der Waals surface area contributed by atoms with E-state index in [4.69, 9.17) is 9.52 Å². The van der Waals surface area contributed by atoms with Crippen LogP contribution in [0.15, 0.2) is 34.9 Å². The van der Waals surface area contributed by atoms with Crippen LogP contribution in [-0.2, 0) is 11.3 Å². The van der Waals surface area contributed by atoms with E-state index in [-0.39, 0.29) is 5.92 Å². The Morgan fingerprint density at radius 3 is 2.94 bits per heavy atom. The second-order valence-corrected chi connectivity index (χ2v) is 4.33. The number of carboxylic acid groups (broad SMARTS) is 1. The summed E-state index contributed by atoms with van der Waals surface area (Å²) in [4.78, 5) is 10.9. The Hall–Kier alpha value is -1.81. The Kier molecular flexibility index (Phi) is 3.99. The average Bonchev–Trinajstić information content (AvgIpc) is 2.78. The van der Waals surface area contributed by atoms with Crippen molar-refractivity contribution in [2.75, 3.05) is 6.54 Å². The summed E-state index contributed by atoms with van der Waals surface area (Å²) in [7, 11) is 0. The van der Waals surface area contributed by atoms with Gasteiger partial charge in [0, 0.05) is 24.0 Å². The van der Waals surface area contributed by atoms with Crippen molar-refractivity contribution in [1.82, 2.24) is 5.32 Å². The molecular formula is C14H17NO3. The van der Waals surface area contributed by atoms with Crippen molar-refractivity contribution in [3.63, 3.8) is 0 Å². The molecule has 0 aliphatic rings. The van der Waals surface area contributed by atoms with Crippen LogP contribution in [0.2, 0.25) is 0 Å². The molecule has 0 spiro atoms. The number of fused-ring (bicyclic) bond motifs is 1. The van der Waals surface area contributed by atoms with Gasteiger partial charge in [-0.05, 0) is 12.5 Å². The highest BCUT2D eigenvalue weighted by Crippen LogP contribution is 2.20. The molecular weight excluding hydrogens is 230 g/mol. The molecule has 0 aliphatic carbocycles. The van der Waals surface area contributed by atoms with Crippen molar-refractivity contribution in [2.45, 2.75) is 19.9 Å². The molecule has 2 N–H and O–H groups in total. The molecule has 0 fully saturated rings. The SMILES string of the molecule is CCC(CNCc1coc2ccccc12)C(=O)O. The maximum atomic E-state index is 10.9. The molecule has 2 aromatic rings. The van der Waals surface area contributed by atoms with E-state index >= 15 is 0 Å². The summed E-state index contributed by atoms with van der Waals surface area (Å²) in [6, 6.07) is 7.82. The summed E-state index contributed by atoms with van der Waals surface area (Å²) < 4.78 is 5.42. The van der Waals surface area contributed by atoms with Crippen molar-refractivity contribution in [1.29, 1.82) is 0 Å². The predicted octanol–water partition coefficient (Wildman–Crippen LogP) is 2.63.